The molecule has 2 unspecified atom stereocenters. The second-order valence-corrected chi connectivity index (χ2v) is 6.76. The number of ether oxygens (including phenoxy) is 2. The average molecular weight is 286 g/mol. The number of hydrogen-bond acceptors (Lipinski definition) is 4. The maximum absolute atomic E-state index is 6.16. The summed E-state index contributed by atoms with van der Waals surface area (Å²) < 4.78 is 12.0. The van der Waals surface area contributed by atoms with Crippen LogP contribution in [0.3, 0.4) is 0 Å². The first-order valence-corrected chi connectivity index (χ1v) is 7.53. The first-order chi connectivity index (χ1) is 10.1. The van der Waals surface area contributed by atoms with Gasteiger partial charge in [0.1, 0.15) is 12.5 Å². The molecule has 0 amide bonds. The van der Waals surface area contributed by atoms with Crippen molar-refractivity contribution in [3.8, 4) is 0 Å². The third-order valence-corrected chi connectivity index (χ3v) is 4.91. The fraction of sp³-hybridized carbons (Fsp3) is 0.529. The molecule has 4 aliphatic rings. The Morgan fingerprint density at radius 3 is 2.81 bits per heavy atom. The van der Waals surface area contributed by atoms with Crippen molar-refractivity contribution < 1.29 is 9.47 Å². The van der Waals surface area contributed by atoms with Crippen LogP contribution in [0.1, 0.15) is 6.92 Å². The Balaban J connectivity index is 1.78. The molecule has 2 aliphatic heterocycles. The van der Waals surface area contributed by atoms with Crippen LogP contribution in [-0.2, 0) is 9.47 Å². The Kier molecular flexibility index (Phi) is 2.89. The van der Waals surface area contributed by atoms with Crippen LogP contribution in [0.25, 0.3) is 0 Å². The van der Waals surface area contributed by atoms with E-state index in [1.54, 1.807) is 0 Å². The average Bonchev–Trinajstić information content (AvgIpc) is 2.46. The van der Waals surface area contributed by atoms with Gasteiger partial charge < -0.3 is 9.47 Å². The van der Waals surface area contributed by atoms with E-state index in [0.717, 1.165) is 18.8 Å². The molecular formula is C17H22N2O2. The molecule has 0 aromatic carbocycles. The lowest BCUT2D eigenvalue weighted by Gasteiger charge is -2.48. The first kappa shape index (κ1) is 13.3. The van der Waals surface area contributed by atoms with Crippen LogP contribution in [-0.4, -0.2) is 56.6 Å². The third kappa shape index (κ3) is 1.94. The highest BCUT2D eigenvalue weighted by Gasteiger charge is 2.46. The number of fused-ring (bicyclic) bond motifs is 4. The molecular weight excluding hydrogens is 264 g/mol. The zero-order valence-electron chi connectivity index (χ0n) is 12.9. The second kappa shape index (κ2) is 4.57. The van der Waals surface area contributed by atoms with E-state index in [9.17, 15) is 0 Å². The van der Waals surface area contributed by atoms with Gasteiger partial charge in [0.15, 0.2) is 0 Å². The molecule has 2 atom stereocenters. The SMILES string of the molecule is CN1COC2C(=CC=C3C4=C(C=CC32C)OCN(C)C4)C1. The van der Waals surface area contributed by atoms with Crippen molar-refractivity contribution >= 4 is 0 Å². The summed E-state index contributed by atoms with van der Waals surface area (Å²) in [5, 5.41) is 0. The second-order valence-electron chi connectivity index (χ2n) is 6.76. The molecule has 2 aliphatic carbocycles. The van der Waals surface area contributed by atoms with Gasteiger partial charge in [0.25, 0.3) is 0 Å². The number of rotatable bonds is 0. The van der Waals surface area contributed by atoms with Crippen molar-refractivity contribution in [3.63, 3.8) is 0 Å². The van der Waals surface area contributed by atoms with Crippen molar-refractivity contribution in [2.45, 2.75) is 13.0 Å². The molecule has 4 heteroatoms. The van der Waals surface area contributed by atoms with Gasteiger partial charge in [-0.1, -0.05) is 18.2 Å². The minimum absolute atomic E-state index is 0.0777. The molecule has 1 fully saturated rings. The first-order valence-electron chi connectivity index (χ1n) is 7.53. The van der Waals surface area contributed by atoms with E-state index < -0.39 is 0 Å². The van der Waals surface area contributed by atoms with Crippen LogP contribution in [0.15, 0.2) is 46.8 Å². The molecule has 0 spiro atoms. The van der Waals surface area contributed by atoms with Crippen LogP contribution in [0, 0.1) is 5.41 Å². The van der Waals surface area contributed by atoms with E-state index in [-0.39, 0.29) is 11.5 Å². The molecule has 1 saturated heterocycles. The van der Waals surface area contributed by atoms with Gasteiger partial charge in [-0.15, -0.1) is 0 Å². The fourth-order valence-corrected chi connectivity index (χ4v) is 3.84. The molecule has 4 rings (SSSR count). The molecule has 2 heterocycles. The highest BCUT2D eigenvalue weighted by atomic mass is 16.5. The summed E-state index contributed by atoms with van der Waals surface area (Å²) in [7, 11) is 4.19. The predicted molar refractivity (Wildman–Crippen MR) is 81.4 cm³/mol. The Morgan fingerprint density at radius 2 is 1.95 bits per heavy atom. The van der Waals surface area contributed by atoms with Gasteiger partial charge in [0.2, 0.25) is 0 Å². The van der Waals surface area contributed by atoms with Crippen LogP contribution in [0.4, 0.5) is 0 Å². The minimum atomic E-state index is -0.0777. The van der Waals surface area contributed by atoms with Crippen LogP contribution < -0.4 is 0 Å². The Hall–Kier alpha value is -1.36. The van der Waals surface area contributed by atoms with Crippen molar-refractivity contribution in [1.29, 1.82) is 0 Å². The highest BCUT2D eigenvalue weighted by molar-refractivity contribution is 5.55. The van der Waals surface area contributed by atoms with Crippen molar-refractivity contribution in [3.05, 3.63) is 46.8 Å². The van der Waals surface area contributed by atoms with Crippen molar-refractivity contribution in [2.24, 2.45) is 5.41 Å². The maximum Gasteiger partial charge on any atom is 0.142 e. The van der Waals surface area contributed by atoms with Gasteiger partial charge in [0, 0.05) is 24.1 Å². The number of likely N-dealkylation sites (N-methyl/N-ethyl adjacent to an activating group) is 2. The molecule has 112 valence electrons. The molecule has 0 bridgehead atoms. The summed E-state index contributed by atoms with van der Waals surface area (Å²) in [4.78, 5) is 4.41. The summed E-state index contributed by atoms with van der Waals surface area (Å²) in [5.74, 6) is 1.03. The normalized spacial score (nSPS) is 36.2. The molecule has 0 aromatic heterocycles. The smallest absolute Gasteiger partial charge is 0.142 e. The number of allylic oxidation sites excluding steroid dienone is 3. The minimum Gasteiger partial charge on any atom is -0.478 e. The molecule has 21 heavy (non-hydrogen) atoms. The fourth-order valence-electron chi connectivity index (χ4n) is 3.84. The Labute approximate surface area is 126 Å². The summed E-state index contributed by atoms with van der Waals surface area (Å²) >= 11 is 0. The zero-order valence-corrected chi connectivity index (χ0v) is 12.9. The van der Waals surface area contributed by atoms with Gasteiger partial charge in [0.05, 0.1) is 12.8 Å². The van der Waals surface area contributed by atoms with Gasteiger partial charge in [-0.2, -0.15) is 0 Å². The number of nitrogens with zero attached hydrogens (tertiary/aromatic N) is 2. The Morgan fingerprint density at radius 1 is 1.14 bits per heavy atom. The lowest BCUT2D eigenvalue weighted by atomic mass is 9.66. The van der Waals surface area contributed by atoms with Gasteiger partial charge in [-0.25, -0.2) is 0 Å². The van der Waals surface area contributed by atoms with Gasteiger partial charge in [-0.3, -0.25) is 9.80 Å². The maximum atomic E-state index is 6.16. The topological polar surface area (TPSA) is 24.9 Å². The lowest BCUT2D eigenvalue weighted by molar-refractivity contribution is -0.0587. The Bertz CT molecular complexity index is 602. The summed E-state index contributed by atoms with van der Waals surface area (Å²) in [6, 6.07) is 0. The molecule has 0 radical (unpaired) electrons. The van der Waals surface area contributed by atoms with E-state index in [1.165, 1.54) is 16.7 Å². The van der Waals surface area contributed by atoms with Gasteiger partial charge >= 0.3 is 0 Å². The van der Waals surface area contributed by atoms with E-state index in [4.69, 9.17) is 9.47 Å². The van der Waals surface area contributed by atoms with E-state index >= 15 is 0 Å². The monoisotopic (exact) mass is 286 g/mol. The standard InChI is InChI=1S/C17H22N2O2/c1-17-7-6-15-13(9-19(3)10-20-15)14(17)5-4-12-8-18(2)11-21-16(12)17/h4-7,16H,8-11H2,1-3H3. The predicted octanol–water partition coefficient (Wildman–Crippen LogP) is 1.89. The van der Waals surface area contributed by atoms with E-state index in [1.807, 2.05) is 0 Å². The lowest BCUT2D eigenvalue weighted by Crippen LogP contribution is -2.49. The summed E-state index contributed by atoms with van der Waals surface area (Å²) in [6.07, 6.45) is 9.08. The number of hydrogen-bond donors (Lipinski definition) is 0. The van der Waals surface area contributed by atoms with Crippen LogP contribution in [0.5, 0.6) is 0 Å². The third-order valence-electron chi connectivity index (χ3n) is 4.91. The largest absolute Gasteiger partial charge is 0.478 e. The van der Waals surface area contributed by atoms with Crippen LogP contribution >= 0.6 is 0 Å². The molecule has 4 nitrogen and oxygen atoms in total. The molecule has 0 saturated carbocycles. The van der Waals surface area contributed by atoms with Crippen molar-refractivity contribution in [2.75, 3.05) is 40.6 Å². The highest BCUT2D eigenvalue weighted by Crippen LogP contribution is 2.49. The summed E-state index contributed by atoms with van der Waals surface area (Å²) in [6.45, 7) is 5.58. The zero-order chi connectivity index (χ0) is 14.6. The van der Waals surface area contributed by atoms with Crippen LogP contribution in [0.2, 0.25) is 0 Å². The quantitative estimate of drug-likeness (QED) is 0.679. The van der Waals surface area contributed by atoms with E-state index in [0.29, 0.717) is 13.5 Å². The van der Waals surface area contributed by atoms with E-state index in [2.05, 4.69) is 55.1 Å². The molecule has 0 aromatic rings. The van der Waals surface area contributed by atoms with Crippen molar-refractivity contribution in [1.82, 2.24) is 9.80 Å². The van der Waals surface area contributed by atoms with Gasteiger partial charge in [-0.05, 0) is 38.2 Å². The summed E-state index contributed by atoms with van der Waals surface area (Å²) in [5.41, 5.74) is 3.95. The molecule has 0 N–H and O–H groups in total.